The molecule has 0 bridgehead atoms. The Bertz CT molecular complexity index is 766. The van der Waals surface area contributed by atoms with E-state index in [2.05, 4.69) is 42.0 Å². The van der Waals surface area contributed by atoms with Gasteiger partial charge in [-0.2, -0.15) is 0 Å². The maximum atomic E-state index is 12.4. The highest BCUT2D eigenvalue weighted by atomic mass is 79.9. The first kappa shape index (κ1) is 20.3. The van der Waals surface area contributed by atoms with Crippen LogP contribution >= 0.6 is 15.9 Å². The number of rotatable bonds is 6. The van der Waals surface area contributed by atoms with Gasteiger partial charge in [-0.3, -0.25) is 4.79 Å². The van der Waals surface area contributed by atoms with Crippen LogP contribution in [0.4, 0.5) is 5.69 Å². The fraction of sp³-hybridized carbons (Fsp3) is 0.381. The number of para-hydroxylation sites is 2. The van der Waals surface area contributed by atoms with E-state index in [1.807, 2.05) is 56.3 Å². The van der Waals surface area contributed by atoms with Crippen molar-refractivity contribution in [3.63, 3.8) is 0 Å². The predicted molar refractivity (Wildman–Crippen MR) is 109 cm³/mol. The van der Waals surface area contributed by atoms with Crippen molar-refractivity contribution in [1.29, 1.82) is 0 Å². The van der Waals surface area contributed by atoms with Crippen LogP contribution in [0.5, 0.6) is 11.5 Å². The van der Waals surface area contributed by atoms with Crippen LogP contribution < -0.4 is 14.8 Å². The van der Waals surface area contributed by atoms with Crippen LogP contribution in [0.15, 0.2) is 46.9 Å². The second-order valence-electron chi connectivity index (χ2n) is 7.39. The number of carbonyl (C=O) groups is 1. The van der Waals surface area contributed by atoms with Gasteiger partial charge in [-0.05, 0) is 49.6 Å². The molecule has 0 aromatic heterocycles. The number of benzene rings is 2. The molecule has 26 heavy (non-hydrogen) atoms. The van der Waals surface area contributed by atoms with Gasteiger partial charge in [0.05, 0.1) is 11.8 Å². The summed E-state index contributed by atoms with van der Waals surface area (Å²) >= 11 is 3.49. The minimum absolute atomic E-state index is 0.0291. The fourth-order valence-electron chi connectivity index (χ4n) is 2.47. The van der Waals surface area contributed by atoms with Gasteiger partial charge in [0, 0.05) is 10.0 Å². The third-order valence-electron chi connectivity index (χ3n) is 3.63. The van der Waals surface area contributed by atoms with Crippen LogP contribution in [0, 0.1) is 0 Å². The van der Waals surface area contributed by atoms with Gasteiger partial charge in [-0.25, -0.2) is 0 Å². The van der Waals surface area contributed by atoms with Gasteiger partial charge in [-0.15, -0.1) is 0 Å². The highest BCUT2D eigenvalue weighted by Crippen LogP contribution is 2.33. The first-order valence-electron chi connectivity index (χ1n) is 8.65. The molecule has 0 aliphatic heterocycles. The second-order valence-corrected chi connectivity index (χ2v) is 8.31. The van der Waals surface area contributed by atoms with Crippen molar-refractivity contribution in [3.8, 4) is 11.5 Å². The molecule has 0 atom stereocenters. The summed E-state index contributed by atoms with van der Waals surface area (Å²) in [5, 5.41) is 2.86. The Kier molecular flexibility index (Phi) is 6.70. The van der Waals surface area contributed by atoms with Crippen LogP contribution in [-0.2, 0) is 10.2 Å². The van der Waals surface area contributed by atoms with Gasteiger partial charge in [-0.1, -0.05) is 48.8 Å². The highest BCUT2D eigenvalue weighted by molar-refractivity contribution is 9.10. The standard InChI is InChI=1S/C21H26BrNO3/c1-14(2)26-19-9-7-6-8-17(19)23-20(24)13-25-18-11-10-15(22)12-16(18)21(3,4)5/h6-12,14H,13H2,1-5H3,(H,23,24). The number of anilines is 1. The Morgan fingerprint density at radius 3 is 2.46 bits per heavy atom. The predicted octanol–water partition coefficient (Wildman–Crippen LogP) is 5.55. The summed E-state index contributed by atoms with van der Waals surface area (Å²) in [5.41, 5.74) is 1.60. The minimum atomic E-state index is -0.229. The largest absolute Gasteiger partial charge is 0.489 e. The van der Waals surface area contributed by atoms with Gasteiger partial charge in [0.1, 0.15) is 11.5 Å². The minimum Gasteiger partial charge on any atom is -0.489 e. The molecule has 0 aliphatic rings. The SMILES string of the molecule is CC(C)Oc1ccccc1NC(=O)COc1ccc(Br)cc1C(C)(C)C. The van der Waals surface area contributed by atoms with Crippen molar-refractivity contribution >= 4 is 27.5 Å². The molecule has 0 spiro atoms. The lowest BCUT2D eigenvalue weighted by Gasteiger charge is -2.23. The van der Waals surface area contributed by atoms with E-state index in [1.165, 1.54) is 0 Å². The molecule has 0 aliphatic carbocycles. The molecule has 2 aromatic rings. The lowest BCUT2D eigenvalue weighted by atomic mass is 9.86. The molecule has 5 heteroatoms. The maximum Gasteiger partial charge on any atom is 0.262 e. The molecule has 140 valence electrons. The first-order chi connectivity index (χ1) is 12.2. The van der Waals surface area contributed by atoms with Crippen LogP contribution in [0.25, 0.3) is 0 Å². The Balaban J connectivity index is 2.07. The normalized spacial score (nSPS) is 11.3. The number of ether oxygens (including phenoxy) is 2. The lowest BCUT2D eigenvalue weighted by molar-refractivity contribution is -0.118. The van der Waals surface area contributed by atoms with Crippen molar-refractivity contribution in [2.75, 3.05) is 11.9 Å². The Labute approximate surface area is 164 Å². The number of carbonyl (C=O) groups excluding carboxylic acids is 1. The molecule has 0 radical (unpaired) electrons. The van der Waals surface area contributed by atoms with Crippen molar-refractivity contribution in [3.05, 3.63) is 52.5 Å². The molecule has 1 amide bonds. The number of nitrogens with one attached hydrogen (secondary N) is 1. The molecule has 0 saturated heterocycles. The highest BCUT2D eigenvalue weighted by Gasteiger charge is 2.20. The number of hydrogen-bond donors (Lipinski definition) is 1. The summed E-state index contributed by atoms with van der Waals surface area (Å²) in [7, 11) is 0. The smallest absolute Gasteiger partial charge is 0.262 e. The van der Waals surface area contributed by atoms with E-state index < -0.39 is 0 Å². The Morgan fingerprint density at radius 1 is 1.12 bits per heavy atom. The van der Waals surface area contributed by atoms with Gasteiger partial charge in [0.25, 0.3) is 5.91 Å². The Morgan fingerprint density at radius 2 is 1.81 bits per heavy atom. The fourth-order valence-corrected chi connectivity index (χ4v) is 2.83. The Hall–Kier alpha value is -2.01. The van der Waals surface area contributed by atoms with E-state index in [9.17, 15) is 4.79 Å². The van der Waals surface area contributed by atoms with Gasteiger partial charge < -0.3 is 14.8 Å². The third kappa shape index (κ3) is 5.77. The van der Waals surface area contributed by atoms with Gasteiger partial charge in [0.2, 0.25) is 0 Å². The zero-order valence-electron chi connectivity index (χ0n) is 15.9. The van der Waals surface area contributed by atoms with E-state index in [0.717, 1.165) is 10.0 Å². The van der Waals surface area contributed by atoms with E-state index in [1.54, 1.807) is 0 Å². The molecule has 0 fully saturated rings. The van der Waals surface area contributed by atoms with E-state index in [-0.39, 0.29) is 24.0 Å². The second kappa shape index (κ2) is 8.58. The van der Waals surface area contributed by atoms with E-state index in [4.69, 9.17) is 9.47 Å². The lowest BCUT2D eigenvalue weighted by Crippen LogP contribution is -2.22. The topological polar surface area (TPSA) is 47.6 Å². The molecular weight excluding hydrogens is 394 g/mol. The van der Waals surface area contributed by atoms with Crippen molar-refractivity contribution in [2.45, 2.75) is 46.1 Å². The zero-order valence-corrected chi connectivity index (χ0v) is 17.5. The number of hydrogen-bond acceptors (Lipinski definition) is 3. The summed E-state index contributed by atoms with van der Waals surface area (Å²) < 4.78 is 12.5. The molecule has 2 rings (SSSR count). The molecular formula is C21H26BrNO3. The quantitative estimate of drug-likeness (QED) is 0.667. The van der Waals surface area contributed by atoms with Gasteiger partial charge in [0.15, 0.2) is 6.61 Å². The van der Waals surface area contributed by atoms with Crippen molar-refractivity contribution in [1.82, 2.24) is 0 Å². The summed E-state index contributed by atoms with van der Waals surface area (Å²) in [4.78, 5) is 12.4. The molecule has 4 nitrogen and oxygen atoms in total. The van der Waals surface area contributed by atoms with Crippen LogP contribution in [0.3, 0.4) is 0 Å². The van der Waals surface area contributed by atoms with Crippen molar-refractivity contribution in [2.24, 2.45) is 0 Å². The van der Waals surface area contributed by atoms with E-state index >= 15 is 0 Å². The van der Waals surface area contributed by atoms with Crippen LogP contribution in [0.2, 0.25) is 0 Å². The number of halogens is 1. The average molecular weight is 420 g/mol. The van der Waals surface area contributed by atoms with Crippen LogP contribution in [-0.4, -0.2) is 18.6 Å². The summed E-state index contributed by atoms with van der Waals surface area (Å²) in [6, 6.07) is 13.2. The monoisotopic (exact) mass is 419 g/mol. The molecule has 0 unspecified atom stereocenters. The van der Waals surface area contributed by atoms with Crippen LogP contribution in [0.1, 0.15) is 40.2 Å². The van der Waals surface area contributed by atoms with Crippen molar-refractivity contribution < 1.29 is 14.3 Å². The molecule has 1 N–H and O–H groups in total. The molecule has 0 heterocycles. The third-order valence-corrected chi connectivity index (χ3v) is 4.13. The summed E-state index contributed by atoms with van der Waals surface area (Å²) in [6.07, 6.45) is 0.0291. The maximum absolute atomic E-state index is 12.4. The molecule has 2 aromatic carbocycles. The average Bonchev–Trinajstić information content (AvgIpc) is 2.54. The van der Waals surface area contributed by atoms with Gasteiger partial charge >= 0.3 is 0 Å². The zero-order chi connectivity index (χ0) is 19.3. The number of amides is 1. The summed E-state index contributed by atoms with van der Waals surface area (Å²) in [5.74, 6) is 1.13. The summed E-state index contributed by atoms with van der Waals surface area (Å²) in [6.45, 7) is 10.2. The first-order valence-corrected chi connectivity index (χ1v) is 9.44. The van der Waals surface area contributed by atoms with E-state index in [0.29, 0.717) is 17.2 Å². The molecule has 0 saturated carbocycles.